The van der Waals surface area contributed by atoms with Gasteiger partial charge in [0.25, 0.3) is 5.91 Å². The number of aromatic amines is 1. The first kappa shape index (κ1) is 13.9. The minimum absolute atomic E-state index is 0.000304. The molecule has 0 bridgehead atoms. The number of nitriles is 1. The molecule has 6 heteroatoms. The second-order valence-corrected chi connectivity index (χ2v) is 4.78. The van der Waals surface area contributed by atoms with Crippen molar-refractivity contribution >= 4 is 5.91 Å². The number of hydrogen-bond acceptors (Lipinski definition) is 4. The van der Waals surface area contributed by atoms with Crippen molar-refractivity contribution in [1.29, 1.82) is 5.26 Å². The number of H-pyrrole nitrogens is 1. The number of furan rings is 1. The van der Waals surface area contributed by atoms with Gasteiger partial charge in [-0.2, -0.15) is 5.26 Å². The zero-order valence-corrected chi connectivity index (χ0v) is 11.2. The largest absolute Gasteiger partial charge is 0.463 e. The Balaban J connectivity index is 2.01. The maximum atomic E-state index is 11.9. The van der Waals surface area contributed by atoms with Gasteiger partial charge in [0.15, 0.2) is 0 Å². The maximum Gasteiger partial charge on any atom is 0.267 e. The average molecular weight is 273 g/mol. The predicted molar refractivity (Wildman–Crippen MR) is 70.9 cm³/mol. The molecule has 0 radical (unpaired) electrons. The molecule has 6 nitrogen and oxygen atoms in total. The molecule has 1 unspecified atom stereocenters. The van der Waals surface area contributed by atoms with Gasteiger partial charge in [0.1, 0.15) is 28.9 Å². The van der Waals surface area contributed by atoms with Gasteiger partial charge in [-0.25, -0.2) is 0 Å². The van der Waals surface area contributed by atoms with Gasteiger partial charge in [0.05, 0.1) is 12.1 Å². The number of amides is 1. The summed E-state index contributed by atoms with van der Waals surface area (Å²) in [5, 5.41) is 21.6. The van der Waals surface area contributed by atoms with Crippen LogP contribution in [-0.2, 0) is 5.60 Å². The summed E-state index contributed by atoms with van der Waals surface area (Å²) in [6.07, 6.45) is 1.45. The van der Waals surface area contributed by atoms with Crippen LogP contribution in [0.4, 0.5) is 0 Å². The third-order valence-electron chi connectivity index (χ3n) is 2.92. The zero-order chi connectivity index (χ0) is 14.8. The summed E-state index contributed by atoms with van der Waals surface area (Å²) < 4.78 is 5.36. The third-order valence-corrected chi connectivity index (χ3v) is 2.92. The van der Waals surface area contributed by atoms with Gasteiger partial charge < -0.3 is 19.8 Å². The highest BCUT2D eigenvalue weighted by molar-refractivity contribution is 5.92. The molecule has 2 heterocycles. The number of rotatable bonds is 4. The van der Waals surface area contributed by atoms with Crippen LogP contribution in [0.1, 0.15) is 34.5 Å². The molecule has 0 aliphatic rings. The van der Waals surface area contributed by atoms with E-state index in [1.54, 1.807) is 26.0 Å². The average Bonchev–Trinajstić information content (AvgIpc) is 3.04. The molecule has 0 saturated carbocycles. The molecular formula is C14H15N3O3. The maximum absolute atomic E-state index is 11.9. The Kier molecular flexibility index (Phi) is 3.63. The van der Waals surface area contributed by atoms with Gasteiger partial charge in [-0.3, -0.25) is 4.79 Å². The van der Waals surface area contributed by atoms with Gasteiger partial charge in [0.2, 0.25) is 0 Å². The van der Waals surface area contributed by atoms with Crippen LogP contribution < -0.4 is 5.32 Å². The summed E-state index contributed by atoms with van der Waals surface area (Å²) in [6, 6.07) is 6.79. The van der Waals surface area contributed by atoms with E-state index in [1.807, 2.05) is 6.07 Å². The standard InChI is InChI=1S/C14H15N3O3/c1-9-3-4-12(20-9)14(2,19)8-17-13(18)11-5-10(6-15)7-16-11/h3-5,7,16,19H,8H2,1-2H3,(H,17,18). The predicted octanol–water partition coefficient (Wildman–Crippen LogP) is 1.43. The van der Waals surface area contributed by atoms with Crippen molar-refractivity contribution in [3.8, 4) is 6.07 Å². The lowest BCUT2D eigenvalue weighted by molar-refractivity contribution is 0.0322. The number of aromatic nitrogens is 1. The van der Waals surface area contributed by atoms with Crippen molar-refractivity contribution in [2.75, 3.05) is 6.54 Å². The number of aliphatic hydroxyl groups is 1. The fourth-order valence-electron chi connectivity index (χ4n) is 1.75. The quantitative estimate of drug-likeness (QED) is 0.784. The highest BCUT2D eigenvalue weighted by atomic mass is 16.4. The van der Waals surface area contributed by atoms with Crippen molar-refractivity contribution in [2.45, 2.75) is 19.4 Å². The summed E-state index contributed by atoms with van der Waals surface area (Å²) >= 11 is 0. The second kappa shape index (κ2) is 5.23. The Bertz CT molecular complexity index is 661. The van der Waals surface area contributed by atoms with Gasteiger partial charge in [0, 0.05) is 6.20 Å². The van der Waals surface area contributed by atoms with E-state index in [1.165, 1.54) is 12.3 Å². The van der Waals surface area contributed by atoms with Crippen LogP contribution in [0.5, 0.6) is 0 Å². The molecular weight excluding hydrogens is 258 g/mol. The highest BCUT2D eigenvalue weighted by Crippen LogP contribution is 2.22. The van der Waals surface area contributed by atoms with Crippen molar-refractivity contribution in [2.24, 2.45) is 0 Å². The smallest absolute Gasteiger partial charge is 0.267 e. The van der Waals surface area contributed by atoms with Crippen LogP contribution in [0.25, 0.3) is 0 Å². The molecule has 0 spiro atoms. The molecule has 0 fully saturated rings. The van der Waals surface area contributed by atoms with Gasteiger partial charge >= 0.3 is 0 Å². The number of hydrogen-bond donors (Lipinski definition) is 3. The van der Waals surface area contributed by atoms with Crippen LogP contribution >= 0.6 is 0 Å². The topological polar surface area (TPSA) is 102 Å². The molecule has 104 valence electrons. The first-order valence-electron chi connectivity index (χ1n) is 6.08. The van der Waals surface area contributed by atoms with Crippen LogP contribution in [-0.4, -0.2) is 22.5 Å². The normalized spacial score (nSPS) is 13.5. The number of aryl methyl sites for hydroxylation is 1. The molecule has 0 saturated heterocycles. The van der Waals surface area contributed by atoms with E-state index in [0.717, 1.165) is 0 Å². The fraction of sp³-hybridized carbons (Fsp3) is 0.286. The lowest BCUT2D eigenvalue weighted by atomic mass is 10.0. The number of carbonyl (C=O) groups excluding carboxylic acids is 1. The molecule has 1 amide bonds. The SMILES string of the molecule is Cc1ccc(C(C)(O)CNC(=O)c2cc(C#N)c[nH]2)o1. The lowest BCUT2D eigenvalue weighted by Gasteiger charge is -2.21. The van der Waals surface area contributed by atoms with Crippen molar-refractivity contribution in [1.82, 2.24) is 10.3 Å². The Labute approximate surface area is 116 Å². The van der Waals surface area contributed by atoms with Crippen LogP contribution in [0.2, 0.25) is 0 Å². The Hall–Kier alpha value is -2.52. The summed E-state index contributed by atoms with van der Waals surface area (Å²) in [5.74, 6) is 0.684. The molecule has 0 aliphatic heterocycles. The molecule has 2 aromatic heterocycles. The van der Waals surface area contributed by atoms with Crippen LogP contribution in [0, 0.1) is 18.3 Å². The lowest BCUT2D eigenvalue weighted by Crippen LogP contribution is -2.38. The molecule has 2 rings (SSSR count). The van der Waals surface area contributed by atoms with Gasteiger partial charge in [-0.15, -0.1) is 0 Å². The second-order valence-electron chi connectivity index (χ2n) is 4.78. The van der Waals surface area contributed by atoms with E-state index in [4.69, 9.17) is 9.68 Å². The molecule has 2 aromatic rings. The Morgan fingerprint density at radius 2 is 2.35 bits per heavy atom. The van der Waals surface area contributed by atoms with E-state index in [-0.39, 0.29) is 12.2 Å². The Morgan fingerprint density at radius 3 is 2.90 bits per heavy atom. The number of nitrogens with zero attached hydrogens (tertiary/aromatic N) is 1. The monoisotopic (exact) mass is 273 g/mol. The van der Waals surface area contributed by atoms with E-state index in [2.05, 4.69) is 10.3 Å². The van der Waals surface area contributed by atoms with E-state index in [0.29, 0.717) is 17.1 Å². The first-order chi connectivity index (χ1) is 9.42. The highest BCUT2D eigenvalue weighted by Gasteiger charge is 2.27. The fourth-order valence-corrected chi connectivity index (χ4v) is 1.75. The number of carbonyl (C=O) groups is 1. The van der Waals surface area contributed by atoms with Gasteiger partial charge in [-0.05, 0) is 32.0 Å². The Morgan fingerprint density at radius 1 is 1.60 bits per heavy atom. The van der Waals surface area contributed by atoms with E-state index in [9.17, 15) is 9.90 Å². The molecule has 0 aromatic carbocycles. The van der Waals surface area contributed by atoms with Gasteiger partial charge in [-0.1, -0.05) is 0 Å². The van der Waals surface area contributed by atoms with Crippen LogP contribution in [0.3, 0.4) is 0 Å². The van der Waals surface area contributed by atoms with E-state index >= 15 is 0 Å². The zero-order valence-electron chi connectivity index (χ0n) is 11.2. The minimum atomic E-state index is -1.30. The van der Waals surface area contributed by atoms with E-state index < -0.39 is 11.5 Å². The summed E-state index contributed by atoms with van der Waals surface area (Å²) in [6.45, 7) is 3.33. The van der Waals surface area contributed by atoms with Crippen molar-refractivity contribution in [3.63, 3.8) is 0 Å². The minimum Gasteiger partial charge on any atom is -0.463 e. The summed E-state index contributed by atoms with van der Waals surface area (Å²) in [7, 11) is 0. The third kappa shape index (κ3) is 2.90. The van der Waals surface area contributed by atoms with Crippen molar-refractivity contribution in [3.05, 3.63) is 47.2 Å². The number of nitrogens with one attached hydrogen (secondary N) is 2. The van der Waals surface area contributed by atoms with Crippen LogP contribution in [0.15, 0.2) is 28.8 Å². The summed E-state index contributed by atoms with van der Waals surface area (Å²) in [5.41, 5.74) is -0.647. The van der Waals surface area contributed by atoms with Crippen molar-refractivity contribution < 1.29 is 14.3 Å². The molecule has 20 heavy (non-hydrogen) atoms. The first-order valence-corrected chi connectivity index (χ1v) is 6.08. The summed E-state index contributed by atoms with van der Waals surface area (Å²) in [4.78, 5) is 14.6. The molecule has 1 atom stereocenters. The molecule has 3 N–H and O–H groups in total. The molecule has 0 aliphatic carbocycles.